The van der Waals surface area contributed by atoms with Crippen molar-refractivity contribution in [1.29, 1.82) is 0 Å². The van der Waals surface area contributed by atoms with Crippen molar-refractivity contribution in [2.45, 2.75) is 38.9 Å². The first-order valence-corrected chi connectivity index (χ1v) is 11.1. The summed E-state index contributed by atoms with van der Waals surface area (Å²) in [5, 5.41) is 1.08. The molecular formula is C16H30N4O2S2. The van der Waals surface area contributed by atoms with Crippen molar-refractivity contribution in [1.82, 2.24) is 13.5 Å². The number of hydrogen-bond donors (Lipinski definition) is 0. The van der Waals surface area contributed by atoms with Gasteiger partial charge < -0.3 is 4.90 Å². The van der Waals surface area contributed by atoms with Gasteiger partial charge in [0.1, 0.15) is 0 Å². The lowest BCUT2D eigenvalue weighted by Crippen LogP contribution is -2.55. The first-order valence-electron chi connectivity index (χ1n) is 8.91. The predicted molar refractivity (Wildman–Crippen MR) is 101 cm³/mol. The maximum atomic E-state index is 13.0. The Balaban J connectivity index is 1.60. The summed E-state index contributed by atoms with van der Waals surface area (Å²) in [7, 11) is -3.33. The molecule has 2 fully saturated rings. The van der Waals surface area contributed by atoms with Gasteiger partial charge in [-0.2, -0.15) is 17.0 Å². The van der Waals surface area contributed by atoms with Gasteiger partial charge in [0.15, 0.2) is 5.17 Å². The molecule has 2 saturated heterocycles. The van der Waals surface area contributed by atoms with Crippen molar-refractivity contribution < 1.29 is 8.42 Å². The number of piperidine rings is 1. The van der Waals surface area contributed by atoms with Crippen molar-refractivity contribution >= 4 is 27.1 Å². The topological polar surface area (TPSA) is 56.2 Å². The van der Waals surface area contributed by atoms with E-state index in [1.54, 1.807) is 8.61 Å². The van der Waals surface area contributed by atoms with E-state index in [0.717, 1.165) is 31.2 Å². The van der Waals surface area contributed by atoms with Crippen LogP contribution in [0.1, 0.15) is 34.1 Å². The molecule has 3 heterocycles. The molecule has 0 saturated carbocycles. The van der Waals surface area contributed by atoms with Crippen LogP contribution in [0.3, 0.4) is 0 Å². The van der Waals surface area contributed by atoms with Crippen LogP contribution in [-0.2, 0) is 10.2 Å². The first-order chi connectivity index (χ1) is 11.2. The van der Waals surface area contributed by atoms with Crippen LogP contribution in [0.2, 0.25) is 0 Å². The molecular weight excluding hydrogens is 344 g/mol. The molecule has 0 radical (unpaired) electrons. The number of rotatable bonds is 2. The van der Waals surface area contributed by atoms with Gasteiger partial charge >= 0.3 is 0 Å². The summed E-state index contributed by atoms with van der Waals surface area (Å²) in [4.78, 5) is 6.88. The van der Waals surface area contributed by atoms with Gasteiger partial charge in [-0.15, -0.1) is 0 Å². The highest BCUT2D eigenvalue weighted by molar-refractivity contribution is 8.15. The third-order valence-electron chi connectivity index (χ3n) is 4.96. The Labute approximate surface area is 150 Å². The minimum Gasteiger partial charge on any atom is -0.349 e. The SMILES string of the molecule is C[C@@H]1C[C@H](C)CN(S(=O)(=O)N2CCN(C3=NCC(C)(C)S3)CC2)C1. The molecule has 0 aromatic carbocycles. The molecule has 3 aliphatic heterocycles. The van der Waals surface area contributed by atoms with Gasteiger partial charge in [-0.25, -0.2) is 0 Å². The maximum absolute atomic E-state index is 13.0. The molecule has 6 nitrogen and oxygen atoms in total. The summed E-state index contributed by atoms with van der Waals surface area (Å²) in [6.07, 6.45) is 1.12. The third kappa shape index (κ3) is 3.92. The number of nitrogens with zero attached hydrogens (tertiary/aromatic N) is 4. The fraction of sp³-hybridized carbons (Fsp3) is 0.938. The monoisotopic (exact) mass is 374 g/mol. The summed E-state index contributed by atoms with van der Waals surface area (Å²) in [6.45, 7) is 13.4. The predicted octanol–water partition coefficient (Wildman–Crippen LogP) is 1.71. The highest BCUT2D eigenvalue weighted by Crippen LogP contribution is 2.34. The lowest BCUT2D eigenvalue weighted by Gasteiger charge is -2.40. The van der Waals surface area contributed by atoms with Crippen LogP contribution >= 0.6 is 11.8 Å². The van der Waals surface area contributed by atoms with E-state index in [0.29, 0.717) is 38.0 Å². The number of amidine groups is 1. The molecule has 0 aliphatic carbocycles. The van der Waals surface area contributed by atoms with E-state index in [2.05, 4.69) is 37.6 Å². The Morgan fingerprint density at radius 2 is 1.62 bits per heavy atom. The molecule has 24 heavy (non-hydrogen) atoms. The zero-order chi connectivity index (χ0) is 17.5. The Morgan fingerprint density at radius 3 is 2.12 bits per heavy atom. The van der Waals surface area contributed by atoms with Crippen LogP contribution in [0.4, 0.5) is 0 Å². The second kappa shape index (κ2) is 6.78. The van der Waals surface area contributed by atoms with Gasteiger partial charge in [0, 0.05) is 44.0 Å². The molecule has 0 aromatic rings. The summed E-state index contributed by atoms with van der Waals surface area (Å²) >= 11 is 1.81. The van der Waals surface area contributed by atoms with Crippen molar-refractivity contribution in [2.75, 3.05) is 45.8 Å². The second-order valence-corrected chi connectivity index (χ2v) is 11.7. The molecule has 138 valence electrons. The van der Waals surface area contributed by atoms with Crippen molar-refractivity contribution in [3.05, 3.63) is 0 Å². The smallest absolute Gasteiger partial charge is 0.282 e. The van der Waals surface area contributed by atoms with E-state index in [1.807, 2.05) is 11.8 Å². The third-order valence-corrected chi connectivity index (χ3v) is 8.18. The van der Waals surface area contributed by atoms with Crippen LogP contribution in [0.15, 0.2) is 4.99 Å². The minimum absolute atomic E-state index is 0.165. The van der Waals surface area contributed by atoms with Crippen molar-refractivity contribution in [3.63, 3.8) is 0 Å². The van der Waals surface area contributed by atoms with E-state index in [1.165, 1.54) is 0 Å². The fourth-order valence-electron chi connectivity index (χ4n) is 3.80. The Kier molecular flexibility index (Phi) is 5.22. The summed E-state index contributed by atoms with van der Waals surface area (Å²) < 4.78 is 29.5. The zero-order valence-electron chi connectivity index (χ0n) is 15.2. The minimum atomic E-state index is -3.33. The van der Waals surface area contributed by atoms with Gasteiger partial charge in [0.25, 0.3) is 10.2 Å². The number of aliphatic imine (C=N–C) groups is 1. The fourth-order valence-corrected chi connectivity index (χ4v) is 6.70. The van der Waals surface area contributed by atoms with Crippen molar-refractivity contribution in [2.24, 2.45) is 16.8 Å². The summed E-state index contributed by atoms with van der Waals surface area (Å²) in [5.41, 5.74) is 0. The van der Waals surface area contributed by atoms with Crippen LogP contribution < -0.4 is 0 Å². The lowest BCUT2D eigenvalue weighted by atomic mass is 9.94. The highest BCUT2D eigenvalue weighted by atomic mass is 32.2. The molecule has 0 amide bonds. The summed E-state index contributed by atoms with van der Waals surface area (Å²) in [5.74, 6) is 0.882. The standard InChI is InChI=1S/C16H30N4O2S2/c1-13-9-14(2)11-20(10-13)24(21,22)19-7-5-18(6-8-19)15-17-12-16(3,4)23-15/h13-14H,5-12H2,1-4H3/t13-,14+. The number of piperazine rings is 1. The first kappa shape index (κ1) is 18.5. The van der Waals surface area contributed by atoms with Crippen LogP contribution in [-0.4, -0.2) is 77.7 Å². The Hall–Kier alpha value is -0.310. The van der Waals surface area contributed by atoms with Crippen molar-refractivity contribution in [3.8, 4) is 0 Å². The normalized spacial score (nSPS) is 32.8. The van der Waals surface area contributed by atoms with E-state index in [4.69, 9.17) is 0 Å². The Morgan fingerprint density at radius 1 is 1.04 bits per heavy atom. The number of hydrogen-bond acceptors (Lipinski definition) is 5. The van der Waals surface area contributed by atoms with Gasteiger partial charge in [0.2, 0.25) is 0 Å². The van der Waals surface area contributed by atoms with Crippen LogP contribution in [0.25, 0.3) is 0 Å². The molecule has 0 spiro atoms. The molecule has 0 aromatic heterocycles. The molecule has 0 bridgehead atoms. The van der Waals surface area contributed by atoms with Crippen LogP contribution in [0, 0.1) is 11.8 Å². The van der Waals surface area contributed by atoms with E-state index < -0.39 is 10.2 Å². The highest BCUT2D eigenvalue weighted by Gasteiger charge is 2.38. The zero-order valence-corrected chi connectivity index (χ0v) is 16.9. The average Bonchev–Trinajstić information content (AvgIpc) is 2.86. The quantitative estimate of drug-likeness (QED) is 0.738. The Bertz CT molecular complexity index is 587. The molecule has 2 atom stereocenters. The molecule has 0 unspecified atom stereocenters. The van der Waals surface area contributed by atoms with E-state index in [-0.39, 0.29) is 4.75 Å². The van der Waals surface area contributed by atoms with E-state index >= 15 is 0 Å². The van der Waals surface area contributed by atoms with E-state index in [9.17, 15) is 8.42 Å². The van der Waals surface area contributed by atoms with Crippen LogP contribution in [0.5, 0.6) is 0 Å². The molecule has 3 aliphatic rings. The molecule has 3 rings (SSSR count). The van der Waals surface area contributed by atoms with Gasteiger partial charge in [-0.3, -0.25) is 4.99 Å². The van der Waals surface area contributed by atoms with Gasteiger partial charge in [-0.05, 0) is 32.1 Å². The largest absolute Gasteiger partial charge is 0.349 e. The maximum Gasteiger partial charge on any atom is 0.282 e. The molecule has 8 heteroatoms. The van der Waals surface area contributed by atoms with Gasteiger partial charge in [0.05, 0.1) is 6.54 Å². The summed E-state index contributed by atoms with van der Waals surface area (Å²) in [6, 6.07) is 0. The second-order valence-electron chi connectivity index (χ2n) is 8.12. The average molecular weight is 375 g/mol. The lowest BCUT2D eigenvalue weighted by molar-refractivity contribution is 0.196. The van der Waals surface area contributed by atoms with Gasteiger partial charge in [-0.1, -0.05) is 25.6 Å². The number of thioether (sulfide) groups is 1. The molecule has 0 N–H and O–H groups in total.